The van der Waals surface area contributed by atoms with E-state index in [0.29, 0.717) is 31.0 Å². The van der Waals surface area contributed by atoms with E-state index in [1.165, 1.54) is 0 Å². The molecule has 3 fully saturated rings. The molecule has 134 valence electrons. The Kier molecular flexibility index (Phi) is 3.98. The number of carboxylic acid groups (broad SMARTS) is 1. The van der Waals surface area contributed by atoms with Crippen molar-refractivity contribution in [2.45, 2.75) is 51.0 Å². The predicted molar refractivity (Wildman–Crippen MR) is 90.4 cm³/mol. The first kappa shape index (κ1) is 16.4. The number of carbonyl (C=O) groups excluding carboxylic acids is 1. The number of aryl methyl sites for hydroxylation is 1. The minimum absolute atomic E-state index is 0.00422. The lowest BCUT2D eigenvalue weighted by atomic mass is 9.76. The molecule has 1 amide bonds. The van der Waals surface area contributed by atoms with Crippen LogP contribution in [0.25, 0.3) is 0 Å². The number of hydrogen-bond donors (Lipinski definition) is 2. The Morgan fingerprint density at radius 3 is 2.60 bits per heavy atom. The average Bonchev–Trinajstić information content (AvgIpc) is 3.37. The lowest BCUT2D eigenvalue weighted by Crippen LogP contribution is -2.44. The molecule has 1 aromatic heterocycles. The molecule has 3 heterocycles. The van der Waals surface area contributed by atoms with E-state index in [4.69, 9.17) is 0 Å². The number of likely N-dealkylation sites (tertiary alicyclic amines) is 1. The van der Waals surface area contributed by atoms with Crippen LogP contribution in [0, 0.1) is 12.3 Å². The molecular formula is C18H24N4O3. The molecular weight excluding hydrogens is 320 g/mol. The van der Waals surface area contributed by atoms with Crippen LogP contribution in [0.5, 0.6) is 0 Å². The van der Waals surface area contributed by atoms with Crippen molar-refractivity contribution in [2.75, 3.05) is 19.6 Å². The highest BCUT2D eigenvalue weighted by atomic mass is 16.4. The van der Waals surface area contributed by atoms with Gasteiger partial charge in [-0.25, -0.2) is 9.97 Å². The van der Waals surface area contributed by atoms with Gasteiger partial charge in [-0.05, 0) is 44.4 Å². The fourth-order valence-corrected chi connectivity index (χ4v) is 4.06. The van der Waals surface area contributed by atoms with Gasteiger partial charge in [0, 0.05) is 31.7 Å². The van der Waals surface area contributed by atoms with Crippen molar-refractivity contribution in [3.63, 3.8) is 0 Å². The molecule has 1 aromatic rings. The van der Waals surface area contributed by atoms with Gasteiger partial charge in [0.15, 0.2) is 0 Å². The maximum Gasteiger partial charge on any atom is 0.320 e. The van der Waals surface area contributed by atoms with E-state index in [1.54, 1.807) is 6.20 Å². The zero-order valence-electron chi connectivity index (χ0n) is 14.5. The molecule has 0 radical (unpaired) electrons. The molecule has 2 N–H and O–H groups in total. The number of rotatable bonds is 3. The molecule has 1 atom stereocenters. The second kappa shape index (κ2) is 6.05. The van der Waals surface area contributed by atoms with E-state index in [2.05, 4.69) is 15.3 Å². The molecule has 2 aliphatic heterocycles. The third-order valence-electron chi connectivity index (χ3n) is 5.94. The molecule has 2 saturated heterocycles. The van der Waals surface area contributed by atoms with Gasteiger partial charge >= 0.3 is 5.97 Å². The van der Waals surface area contributed by atoms with Gasteiger partial charge in [-0.2, -0.15) is 0 Å². The summed E-state index contributed by atoms with van der Waals surface area (Å²) in [5.74, 6) is 0.562. The predicted octanol–water partition coefficient (Wildman–Crippen LogP) is 1.33. The lowest BCUT2D eigenvalue weighted by molar-refractivity contribution is -0.139. The number of amides is 1. The van der Waals surface area contributed by atoms with Gasteiger partial charge in [-0.3, -0.25) is 9.59 Å². The fraction of sp³-hybridized carbons (Fsp3) is 0.667. The number of hydrogen-bond acceptors (Lipinski definition) is 5. The highest BCUT2D eigenvalue weighted by molar-refractivity contribution is 5.95. The summed E-state index contributed by atoms with van der Waals surface area (Å²) in [5.41, 5.74) is 1.37. The van der Waals surface area contributed by atoms with Gasteiger partial charge in [-0.1, -0.05) is 0 Å². The van der Waals surface area contributed by atoms with Crippen LogP contribution in [-0.2, 0) is 4.79 Å². The van der Waals surface area contributed by atoms with Crippen LogP contribution in [0.3, 0.4) is 0 Å². The zero-order valence-corrected chi connectivity index (χ0v) is 14.5. The van der Waals surface area contributed by atoms with Crippen molar-refractivity contribution in [1.82, 2.24) is 20.2 Å². The fourth-order valence-electron chi connectivity index (χ4n) is 4.06. The second-order valence-corrected chi connectivity index (χ2v) is 7.77. The van der Waals surface area contributed by atoms with Crippen molar-refractivity contribution in [1.29, 1.82) is 0 Å². The first-order chi connectivity index (χ1) is 12.0. The number of carbonyl (C=O) groups is 2. The molecule has 7 heteroatoms. The topological polar surface area (TPSA) is 95.4 Å². The summed E-state index contributed by atoms with van der Waals surface area (Å²) < 4.78 is 0. The summed E-state index contributed by atoms with van der Waals surface area (Å²) in [6, 6.07) is -0.451. The van der Waals surface area contributed by atoms with Gasteiger partial charge in [0.05, 0.1) is 11.3 Å². The molecule has 1 saturated carbocycles. The molecule has 7 nitrogen and oxygen atoms in total. The maximum atomic E-state index is 12.8. The standard InChI is InChI=1S/C18H24N4O3/c1-11-13(9-19-15(21-11)12-2-3-12)16(23)22-6-4-18(5-7-22)8-14(17(24)25)20-10-18/h9,12,14,20H,2-8,10H2,1H3,(H,24,25)/t14-/m0/s1. The molecule has 0 aromatic carbocycles. The van der Waals surface area contributed by atoms with Gasteiger partial charge < -0.3 is 15.3 Å². The largest absolute Gasteiger partial charge is 0.480 e. The summed E-state index contributed by atoms with van der Waals surface area (Å²) in [5, 5.41) is 12.3. The van der Waals surface area contributed by atoms with Crippen LogP contribution >= 0.6 is 0 Å². The Morgan fingerprint density at radius 1 is 1.32 bits per heavy atom. The Balaban J connectivity index is 1.41. The molecule has 3 aliphatic rings. The third kappa shape index (κ3) is 3.13. The molecule has 4 rings (SSSR count). The summed E-state index contributed by atoms with van der Waals surface area (Å²) >= 11 is 0. The van der Waals surface area contributed by atoms with E-state index >= 15 is 0 Å². The number of aromatic nitrogens is 2. The van der Waals surface area contributed by atoms with Crippen molar-refractivity contribution in [2.24, 2.45) is 5.41 Å². The Morgan fingerprint density at radius 2 is 2.04 bits per heavy atom. The highest BCUT2D eigenvalue weighted by Crippen LogP contribution is 2.40. The van der Waals surface area contributed by atoms with Gasteiger partial charge in [-0.15, -0.1) is 0 Å². The van der Waals surface area contributed by atoms with E-state index in [-0.39, 0.29) is 11.3 Å². The highest BCUT2D eigenvalue weighted by Gasteiger charge is 2.44. The van der Waals surface area contributed by atoms with Gasteiger partial charge in [0.25, 0.3) is 5.91 Å². The molecule has 1 aliphatic carbocycles. The average molecular weight is 344 g/mol. The minimum Gasteiger partial charge on any atom is -0.480 e. The van der Waals surface area contributed by atoms with Crippen LogP contribution in [-0.4, -0.2) is 57.5 Å². The Bertz CT molecular complexity index is 708. The third-order valence-corrected chi connectivity index (χ3v) is 5.94. The van der Waals surface area contributed by atoms with Crippen molar-refractivity contribution < 1.29 is 14.7 Å². The number of carboxylic acids is 1. The summed E-state index contributed by atoms with van der Waals surface area (Å²) in [6.07, 6.45) is 6.31. The van der Waals surface area contributed by atoms with E-state index in [1.807, 2.05) is 11.8 Å². The van der Waals surface area contributed by atoms with Crippen molar-refractivity contribution in [3.05, 3.63) is 23.3 Å². The van der Waals surface area contributed by atoms with Crippen molar-refractivity contribution >= 4 is 11.9 Å². The lowest BCUT2D eigenvalue weighted by Gasteiger charge is -2.39. The Hall–Kier alpha value is -2.02. The monoisotopic (exact) mass is 344 g/mol. The first-order valence-electron chi connectivity index (χ1n) is 9.06. The number of nitrogens with one attached hydrogen (secondary N) is 1. The van der Waals surface area contributed by atoms with Crippen LogP contribution in [0.4, 0.5) is 0 Å². The summed E-state index contributed by atoms with van der Waals surface area (Å²) in [6.45, 7) is 3.93. The van der Waals surface area contributed by atoms with E-state index in [9.17, 15) is 14.7 Å². The van der Waals surface area contributed by atoms with Crippen LogP contribution in [0.2, 0.25) is 0 Å². The quantitative estimate of drug-likeness (QED) is 0.859. The normalized spacial score (nSPS) is 25.3. The number of nitrogens with zero attached hydrogens (tertiary/aromatic N) is 3. The van der Waals surface area contributed by atoms with Gasteiger partial charge in [0.2, 0.25) is 0 Å². The molecule has 25 heavy (non-hydrogen) atoms. The number of aliphatic carboxylic acids is 1. The SMILES string of the molecule is Cc1nc(C2CC2)ncc1C(=O)N1CCC2(CC1)CN[C@H](C(=O)O)C2. The summed E-state index contributed by atoms with van der Waals surface area (Å²) in [4.78, 5) is 34.8. The van der Waals surface area contributed by atoms with Crippen LogP contribution in [0.1, 0.15) is 59.9 Å². The molecule has 0 bridgehead atoms. The van der Waals surface area contributed by atoms with Crippen molar-refractivity contribution in [3.8, 4) is 0 Å². The van der Waals surface area contributed by atoms with Crippen LogP contribution in [0.15, 0.2) is 6.20 Å². The van der Waals surface area contributed by atoms with Crippen LogP contribution < -0.4 is 5.32 Å². The number of piperidine rings is 1. The second-order valence-electron chi connectivity index (χ2n) is 7.77. The zero-order chi connectivity index (χ0) is 17.6. The van der Waals surface area contributed by atoms with E-state index in [0.717, 1.165) is 43.7 Å². The summed E-state index contributed by atoms with van der Waals surface area (Å²) in [7, 11) is 0. The first-order valence-corrected chi connectivity index (χ1v) is 9.06. The Labute approximate surface area is 146 Å². The van der Waals surface area contributed by atoms with Gasteiger partial charge in [0.1, 0.15) is 11.9 Å². The maximum absolute atomic E-state index is 12.8. The minimum atomic E-state index is -0.779. The smallest absolute Gasteiger partial charge is 0.320 e. The molecule has 1 spiro atoms. The van der Waals surface area contributed by atoms with E-state index < -0.39 is 12.0 Å². The molecule has 0 unspecified atom stereocenters.